The lowest BCUT2D eigenvalue weighted by atomic mass is 10.1. The molecule has 128 valence electrons. The maximum atomic E-state index is 13.9. The molecule has 0 aliphatic rings. The third-order valence-electron chi connectivity index (χ3n) is 3.37. The summed E-state index contributed by atoms with van der Waals surface area (Å²) in [6.07, 6.45) is 0.177. The Bertz CT molecular complexity index is 684. The average Bonchev–Trinajstić information content (AvgIpc) is 2.55. The summed E-state index contributed by atoms with van der Waals surface area (Å²) in [6.45, 7) is 3.95. The van der Waals surface area contributed by atoms with E-state index in [-0.39, 0.29) is 30.7 Å². The molecular weight excluding hydrogens is 309 g/mol. The van der Waals surface area contributed by atoms with Gasteiger partial charge in [-0.1, -0.05) is 18.2 Å². The summed E-state index contributed by atoms with van der Waals surface area (Å²) in [4.78, 5) is 12.0. The Hall–Kier alpha value is -2.56. The van der Waals surface area contributed by atoms with E-state index in [4.69, 9.17) is 9.47 Å². The number of methoxy groups -OCH3 is 1. The van der Waals surface area contributed by atoms with Crippen molar-refractivity contribution >= 4 is 5.91 Å². The van der Waals surface area contributed by atoms with E-state index >= 15 is 0 Å². The quantitative estimate of drug-likeness (QED) is 0.845. The van der Waals surface area contributed by atoms with Crippen molar-refractivity contribution < 1.29 is 18.7 Å². The SMILES string of the molecule is COc1ccc(CC(=O)NCc2ccc(OC(C)C)c(F)c2)cc1. The van der Waals surface area contributed by atoms with Crippen molar-refractivity contribution in [2.45, 2.75) is 32.9 Å². The highest BCUT2D eigenvalue weighted by atomic mass is 19.1. The second kappa shape index (κ2) is 8.34. The van der Waals surface area contributed by atoms with E-state index in [0.29, 0.717) is 5.56 Å². The van der Waals surface area contributed by atoms with Crippen LogP contribution in [0.1, 0.15) is 25.0 Å². The van der Waals surface area contributed by atoms with E-state index < -0.39 is 5.82 Å². The first kappa shape index (κ1) is 17.8. The summed E-state index contributed by atoms with van der Waals surface area (Å²) in [5.41, 5.74) is 1.58. The molecule has 24 heavy (non-hydrogen) atoms. The van der Waals surface area contributed by atoms with Crippen LogP contribution in [0.15, 0.2) is 42.5 Å². The molecule has 0 bridgehead atoms. The summed E-state index contributed by atoms with van der Waals surface area (Å²) in [6, 6.07) is 12.0. The Morgan fingerprint density at radius 2 is 1.79 bits per heavy atom. The molecule has 0 aromatic heterocycles. The zero-order valence-electron chi connectivity index (χ0n) is 14.1. The lowest BCUT2D eigenvalue weighted by Crippen LogP contribution is -2.24. The van der Waals surface area contributed by atoms with Gasteiger partial charge in [0, 0.05) is 6.54 Å². The van der Waals surface area contributed by atoms with Crippen molar-refractivity contribution in [3.8, 4) is 11.5 Å². The first-order valence-electron chi connectivity index (χ1n) is 7.82. The topological polar surface area (TPSA) is 47.6 Å². The van der Waals surface area contributed by atoms with Crippen LogP contribution < -0.4 is 14.8 Å². The molecule has 0 atom stereocenters. The molecule has 5 heteroatoms. The second-order valence-electron chi connectivity index (χ2n) is 5.73. The monoisotopic (exact) mass is 331 g/mol. The summed E-state index contributed by atoms with van der Waals surface area (Å²) in [5, 5.41) is 2.79. The number of amides is 1. The smallest absolute Gasteiger partial charge is 0.224 e. The number of hydrogen-bond donors (Lipinski definition) is 1. The van der Waals surface area contributed by atoms with Crippen LogP contribution in [0.4, 0.5) is 4.39 Å². The molecule has 2 aromatic carbocycles. The predicted molar refractivity (Wildman–Crippen MR) is 90.7 cm³/mol. The molecule has 2 aromatic rings. The highest BCUT2D eigenvalue weighted by Crippen LogP contribution is 2.19. The van der Waals surface area contributed by atoms with E-state index in [1.807, 2.05) is 38.1 Å². The standard InChI is InChI=1S/C19H22FNO3/c1-13(2)24-18-9-6-15(10-17(18)20)12-21-19(22)11-14-4-7-16(23-3)8-5-14/h4-10,13H,11-12H2,1-3H3,(H,21,22). The van der Waals surface area contributed by atoms with Gasteiger partial charge in [-0.15, -0.1) is 0 Å². The summed E-state index contributed by atoms with van der Waals surface area (Å²) in [5.74, 6) is 0.422. The van der Waals surface area contributed by atoms with E-state index in [9.17, 15) is 9.18 Å². The minimum atomic E-state index is -0.425. The molecule has 0 unspecified atom stereocenters. The molecule has 0 saturated heterocycles. The molecule has 0 heterocycles. The van der Waals surface area contributed by atoms with Crippen LogP contribution in [0.5, 0.6) is 11.5 Å². The Balaban J connectivity index is 1.87. The molecule has 0 radical (unpaired) electrons. The number of nitrogens with one attached hydrogen (secondary N) is 1. The van der Waals surface area contributed by atoms with Crippen LogP contribution in [0, 0.1) is 5.82 Å². The fourth-order valence-corrected chi connectivity index (χ4v) is 2.20. The summed E-state index contributed by atoms with van der Waals surface area (Å²) < 4.78 is 24.3. The lowest BCUT2D eigenvalue weighted by Gasteiger charge is -2.12. The van der Waals surface area contributed by atoms with E-state index in [0.717, 1.165) is 11.3 Å². The van der Waals surface area contributed by atoms with Gasteiger partial charge in [-0.3, -0.25) is 4.79 Å². The van der Waals surface area contributed by atoms with Crippen LogP contribution in [0.25, 0.3) is 0 Å². The van der Waals surface area contributed by atoms with Crippen LogP contribution in [0.3, 0.4) is 0 Å². The molecule has 0 fully saturated rings. The number of carbonyl (C=O) groups excluding carboxylic acids is 1. The van der Waals surface area contributed by atoms with E-state index in [1.165, 1.54) is 6.07 Å². The van der Waals surface area contributed by atoms with Crippen molar-refractivity contribution in [3.63, 3.8) is 0 Å². The van der Waals surface area contributed by atoms with Gasteiger partial charge in [0.1, 0.15) is 5.75 Å². The minimum absolute atomic E-state index is 0.0884. The predicted octanol–water partition coefficient (Wildman–Crippen LogP) is 3.48. The van der Waals surface area contributed by atoms with Crippen LogP contribution >= 0.6 is 0 Å². The van der Waals surface area contributed by atoms with E-state index in [2.05, 4.69) is 5.32 Å². The molecule has 1 N–H and O–H groups in total. The van der Waals surface area contributed by atoms with Gasteiger partial charge in [0.15, 0.2) is 11.6 Å². The van der Waals surface area contributed by atoms with Crippen LogP contribution in [-0.4, -0.2) is 19.1 Å². The Morgan fingerprint density at radius 1 is 1.12 bits per heavy atom. The number of ether oxygens (including phenoxy) is 2. The van der Waals surface area contributed by atoms with Gasteiger partial charge < -0.3 is 14.8 Å². The molecule has 0 aliphatic heterocycles. The largest absolute Gasteiger partial charge is 0.497 e. The van der Waals surface area contributed by atoms with Gasteiger partial charge in [0.2, 0.25) is 5.91 Å². The maximum absolute atomic E-state index is 13.9. The summed E-state index contributed by atoms with van der Waals surface area (Å²) in [7, 11) is 1.60. The van der Waals surface area contributed by atoms with Crippen molar-refractivity contribution in [1.29, 1.82) is 0 Å². The maximum Gasteiger partial charge on any atom is 0.224 e. The summed E-state index contributed by atoms with van der Waals surface area (Å²) >= 11 is 0. The van der Waals surface area contributed by atoms with Gasteiger partial charge >= 0.3 is 0 Å². The van der Waals surface area contributed by atoms with Crippen molar-refractivity contribution in [2.75, 3.05) is 7.11 Å². The Labute approximate surface area is 141 Å². The fourth-order valence-electron chi connectivity index (χ4n) is 2.20. The van der Waals surface area contributed by atoms with Crippen molar-refractivity contribution in [1.82, 2.24) is 5.32 Å². The van der Waals surface area contributed by atoms with Gasteiger partial charge in [-0.2, -0.15) is 0 Å². The third kappa shape index (κ3) is 5.26. The zero-order chi connectivity index (χ0) is 17.5. The van der Waals surface area contributed by atoms with Crippen LogP contribution in [0.2, 0.25) is 0 Å². The van der Waals surface area contributed by atoms with Gasteiger partial charge in [0.05, 0.1) is 19.6 Å². The first-order valence-corrected chi connectivity index (χ1v) is 7.82. The van der Waals surface area contributed by atoms with Gasteiger partial charge in [-0.05, 0) is 49.2 Å². The molecule has 0 saturated carbocycles. The van der Waals surface area contributed by atoms with E-state index in [1.54, 1.807) is 19.2 Å². The average molecular weight is 331 g/mol. The number of hydrogen-bond acceptors (Lipinski definition) is 3. The Morgan fingerprint density at radius 3 is 2.38 bits per heavy atom. The lowest BCUT2D eigenvalue weighted by molar-refractivity contribution is -0.120. The van der Waals surface area contributed by atoms with Crippen molar-refractivity contribution in [2.24, 2.45) is 0 Å². The molecule has 1 amide bonds. The Kier molecular flexibility index (Phi) is 6.18. The minimum Gasteiger partial charge on any atom is -0.497 e. The number of carbonyl (C=O) groups is 1. The third-order valence-corrected chi connectivity index (χ3v) is 3.37. The van der Waals surface area contributed by atoms with Crippen molar-refractivity contribution in [3.05, 3.63) is 59.4 Å². The molecule has 0 spiro atoms. The number of halogens is 1. The highest BCUT2D eigenvalue weighted by Gasteiger charge is 2.08. The molecule has 2 rings (SSSR count). The van der Waals surface area contributed by atoms with Gasteiger partial charge in [0.25, 0.3) is 0 Å². The van der Waals surface area contributed by atoms with Gasteiger partial charge in [-0.25, -0.2) is 4.39 Å². The molecule has 0 aliphatic carbocycles. The normalized spacial score (nSPS) is 10.5. The number of rotatable bonds is 7. The molecular formula is C19H22FNO3. The highest BCUT2D eigenvalue weighted by molar-refractivity contribution is 5.78. The molecule has 4 nitrogen and oxygen atoms in total. The number of benzene rings is 2. The van der Waals surface area contributed by atoms with Crippen LogP contribution in [-0.2, 0) is 17.8 Å². The first-order chi connectivity index (χ1) is 11.5. The fraction of sp³-hybridized carbons (Fsp3) is 0.316. The zero-order valence-corrected chi connectivity index (χ0v) is 14.1. The second-order valence-corrected chi connectivity index (χ2v) is 5.73.